The third-order valence-corrected chi connectivity index (χ3v) is 3.05. The van der Waals surface area contributed by atoms with E-state index in [0.29, 0.717) is 19.4 Å². The van der Waals surface area contributed by atoms with Crippen LogP contribution in [0.3, 0.4) is 0 Å². The molecule has 0 aromatic heterocycles. The topological polar surface area (TPSA) is 46.2 Å². The lowest BCUT2D eigenvalue weighted by Crippen LogP contribution is -2.27. The van der Waals surface area contributed by atoms with Crippen LogP contribution in [0.5, 0.6) is 0 Å². The molecule has 2 nitrogen and oxygen atoms in total. The van der Waals surface area contributed by atoms with E-state index in [9.17, 15) is 5.11 Å². The Kier molecular flexibility index (Phi) is 4.11. The Balaban J connectivity index is 2.94. The zero-order valence-corrected chi connectivity index (χ0v) is 9.92. The van der Waals surface area contributed by atoms with Crippen molar-refractivity contribution in [3.05, 3.63) is 34.3 Å². The van der Waals surface area contributed by atoms with Crippen molar-refractivity contribution in [1.82, 2.24) is 0 Å². The molecule has 0 fully saturated rings. The number of rotatable bonds is 4. The van der Waals surface area contributed by atoms with Gasteiger partial charge in [-0.2, -0.15) is 0 Å². The van der Waals surface area contributed by atoms with Crippen LogP contribution >= 0.6 is 15.9 Å². The second-order valence-electron chi connectivity index (χ2n) is 3.43. The van der Waals surface area contributed by atoms with Crippen LogP contribution in [0.15, 0.2) is 28.7 Å². The Morgan fingerprint density at radius 2 is 1.93 bits per heavy atom. The van der Waals surface area contributed by atoms with Gasteiger partial charge in [-0.15, -0.1) is 0 Å². The van der Waals surface area contributed by atoms with E-state index in [1.807, 2.05) is 31.2 Å². The summed E-state index contributed by atoms with van der Waals surface area (Å²) < 4.78 is 1.02. The summed E-state index contributed by atoms with van der Waals surface area (Å²) in [5, 5.41) is 10.3. The maximum atomic E-state index is 10.3. The van der Waals surface area contributed by atoms with Crippen LogP contribution in [0.1, 0.15) is 25.3 Å². The van der Waals surface area contributed by atoms with E-state index < -0.39 is 5.60 Å². The minimum atomic E-state index is -0.768. The molecule has 1 unspecified atom stereocenters. The van der Waals surface area contributed by atoms with E-state index in [1.165, 1.54) is 0 Å². The van der Waals surface area contributed by atoms with Crippen LogP contribution in [0.4, 0.5) is 0 Å². The molecule has 3 heteroatoms. The van der Waals surface area contributed by atoms with Gasteiger partial charge in [0.25, 0.3) is 0 Å². The third kappa shape index (κ3) is 2.56. The molecule has 1 aromatic carbocycles. The average molecular weight is 258 g/mol. The summed E-state index contributed by atoms with van der Waals surface area (Å²) >= 11 is 3.37. The van der Waals surface area contributed by atoms with Crippen LogP contribution in [0, 0.1) is 0 Å². The molecule has 0 bridgehead atoms. The lowest BCUT2D eigenvalue weighted by Gasteiger charge is -2.26. The summed E-state index contributed by atoms with van der Waals surface area (Å²) in [4.78, 5) is 0. The minimum Gasteiger partial charge on any atom is -0.385 e. The van der Waals surface area contributed by atoms with Gasteiger partial charge in [0.1, 0.15) is 0 Å². The summed E-state index contributed by atoms with van der Waals surface area (Å²) in [5.41, 5.74) is 5.66. The SMILES string of the molecule is CCC(O)(CCN)c1ccc(Br)cc1. The van der Waals surface area contributed by atoms with Gasteiger partial charge in [-0.05, 0) is 37.1 Å². The van der Waals surface area contributed by atoms with E-state index in [0.717, 1.165) is 10.0 Å². The van der Waals surface area contributed by atoms with Crippen molar-refractivity contribution in [3.8, 4) is 0 Å². The fourth-order valence-corrected chi connectivity index (χ4v) is 1.79. The summed E-state index contributed by atoms with van der Waals surface area (Å²) in [6, 6.07) is 7.74. The quantitative estimate of drug-likeness (QED) is 0.871. The van der Waals surface area contributed by atoms with Crippen molar-refractivity contribution < 1.29 is 5.11 Å². The van der Waals surface area contributed by atoms with Crippen LogP contribution in [0.25, 0.3) is 0 Å². The molecule has 0 aliphatic carbocycles. The normalized spacial score (nSPS) is 15.1. The molecule has 0 aliphatic heterocycles. The van der Waals surface area contributed by atoms with Crippen LogP contribution in [-0.2, 0) is 5.60 Å². The smallest absolute Gasteiger partial charge is 0.0906 e. The molecule has 0 heterocycles. The van der Waals surface area contributed by atoms with Gasteiger partial charge in [-0.25, -0.2) is 0 Å². The molecule has 0 radical (unpaired) electrons. The number of nitrogens with two attached hydrogens (primary N) is 1. The first-order chi connectivity index (χ1) is 6.62. The molecule has 0 amide bonds. The van der Waals surface area contributed by atoms with Gasteiger partial charge >= 0.3 is 0 Å². The highest BCUT2D eigenvalue weighted by atomic mass is 79.9. The van der Waals surface area contributed by atoms with Gasteiger partial charge in [-0.1, -0.05) is 35.0 Å². The Hall–Kier alpha value is -0.380. The highest BCUT2D eigenvalue weighted by Crippen LogP contribution is 2.28. The number of benzene rings is 1. The first kappa shape index (κ1) is 11.7. The molecule has 14 heavy (non-hydrogen) atoms. The lowest BCUT2D eigenvalue weighted by molar-refractivity contribution is 0.0259. The molecule has 1 rings (SSSR count). The fourth-order valence-electron chi connectivity index (χ4n) is 1.52. The van der Waals surface area contributed by atoms with Crippen LogP contribution in [0.2, 0.25) is 0 Å². The number of hydrogen-bond acceptors (Lipinski definition) is 2. The largest absolute Gasteiger partial charge is 0.385 e. The van der Waals surface area contributed by atoms with Gasteiger partial charge in [0.15, 0.2) is 0 Å². The molecule has 0 saturated carbocycles. The molecule has 0 aliphatic rings. The van der Waals surface area contributed by atoms with Crippen molar-refractivity contribution in [3.63, 3.8) is 0 Å². The summed E-state index contributed by atoms with van der Waals surface area (Å²) in [6.07, 6.45) is 1.29. The van der Waals surface area contributed by atoms with Crippen molar-refractivity contribution in [2.24, 2.45) is 5.73 Å². The highest BCUT2D eigenvalue weighted by molar-refractivity contribution is 9.10. The summed E-state index contributed by atoms with van der Waals surface area (Å²) in [7, 11) is 0. The van der Waals surface area contributed by atoms with Crippen molar-refractivity contribution in [1.29, 1.82) is 0 Å². The number of hydrogen-bond donors (Lipinski definition) is 2. The summed E-state index contributed by atoms with van der Waals surface area (Å²) in [6.45, 7) is 2.47. The molecule has 3 N–H and O–H groups in total. The number of halogens is 1. The molecular formula is C11H16BrNO. The van der Waals surface area contributed by atoms with Gasteiger partial charge in [0, 0.05) is 4.47 Å². The maximum absolute atomic E-state index is 10.3. The standard InChI is InChI=1S/C11H16BrNO/c1-2-11(14,7-8-13)9-3-5-10(12)6-4-9/h3-6,14H,2,7-8,13H2,1H3. The van der Waals surface area contributed by atoms with E-state index in [2.05, 4.69) is 15.9 Å². The van der Waals surface area contributed by atoms with Crippen molar-refractivity contribution in [2.45, 2.75) is 25.4 Å². The number of aliphatic hydroxyl groups is 1. The molecule has 0 saturated heterocycles. The third-order valence-electron chi connectivity index (χ3n) is 2.52. The van der Waals surface area contributed by atoms with E-state index in [-0.39, 0.29) is 0 Å². The van der Waals surface area contributed by atoms with E-state index in [1.54, 1.807) is 0 Å². The van der Waals surface area contributed by atoms with Crippen LogP contribution in [-0.4, -0.2) is 11.7 Å². The van der Waals surface area contributed by atoms with Crippen LogP contribution < -0.4 is 5.73 Å². The predicted molar refractivity (Wildman–Crippen MR) is 62.0 cm³/mol. The van der Waals surface area contributed by atoms with Crippen molar-refractivity contribution in [2.75, 3.05) is 6.54 Å². The Morgan fingerprint density at radius 3 is 2.36 bits per heavy atom. The summed E-state index contributed by atoms with van der Waals surface area (Å²) in [5.74, 6) is 0. The first-order valence-corrected chi connectivity index (χ1v) is 5.60. The first-order valence-electron chi connectivity index (χ1n) is 4.81. The average Bonchev–Trinajstić information content (AvgIpc) is 2.19. The molecule has 0 spiro atoms. The van der Waals surface area contributed by atoms with E-state index >= 15 is 0 Å². The molecule has 1 atom stereocenters. The molecule has 78 valence electrons. The Labute approximate surface area is 93.3 Å². The minimum absolute atomic E-state index is 0.500. The maximum Gasteiger partial charge on any atom is 0.0906 e. The molecular weight excluding hydrogens is 242 g/mol. The second kappa shape index (κ2) is 4.91. The van der Waals surface area contributed by atoms with Gasteiger partial charge in [-0.3, -0.25) is 0 Å². The second-order valence-corrected chi connectivity index (χ2v) is 4.35. The monoisotopic (exact) mass is 257 g/mol. The fraction of sp³-hybridized carbons (Fsp3) is 0.455. The highest BCUT2D eigenvalue weighted by Gasteiger charge is 2.25. The van der Waals surface area contributed by atoms with Crippen molar-refractivity contribution >= 4 is 15.9 Å². The van der Waals surface area contributed by atoms with Gasteiger partial charge in [0.05, 0.1) is 5.60 Å². The van der Waals surface area contributed by atoms with Gasteiger partial charge in [0.2, 0.25) is 0 Å². The predicted octanol–water partition coefficient (Wildman–Crippen LogP) is 2.40. The zero-order chi connectivity index (χ0) is 10.6. The lowest BCUT2D eigenvalue weighted by atomic mass is 9.88. The molecule has 1 aromatic rings. The zero-order valence-electron chi connectivity index (χ0n) is 8.33. The Bertz CT molecular complexity index is 286. The Morgan fingerprint density at radius 1 is 1.36 bits per heavy atom. The van der Waals surface area contributed by atoms with E-state index in [4.69, 9.17) is 5.73 Å². The van der Waals surface area contributed by atoms with Gasteiger partial charge < -0.3 is 10.8 Å².